The van der Waals surface area contributed by atoms with Gasteiger partial charge in [-0.25, -0.2) is 0 Å². The molecule has 6 heteroatoms. The smallest absolute Gasteiger partial charge is 0.245 e. The number of hydrogen-bond donors (Lipinski definition) is 1. The van der Waals surface area contributed by atoms with E-state index in [4.69, 9.17) is 4.74 Å². The quantitative estimate of drug-likeness (QED) is 0.711. The highest BCUT2D eigenvalue weighted by Gasteiger charge is 2.36. The van der Waals surface area contributed by atoms with Crippen LogP contribution in [-0.2, 0) is 14.3 Å². The molecule has 3 atom stereocenters. The number of fused-ring (bicyclic) bond motifs is 1. The number of rotatable bonds is 2. The summed E-state index contributed by atoms with van der Waals surface area (Å²) in [6, 6.07) is 0.153. The van der Waals surface area contributed by atoms with E-state index in [1.165, 1.54) is 12.8 Å². The van der Waals surface area contributed by atoms with E-state index < -0.39 is 6.04 Å². The molecule has 0 aromatic heterocycles. The van der Waals surface area contributed by atoms with Crippen molar-refractivity contribution in [3.63, 3.8) is 0 Å². The first-order valence-corrected chi connectivity index (χ1v) is 7.07. The average molecular weight is 267 g/mol. The van der Waals surface area contributed by atoms with Crippen molar-refractivity contribution in [2.45, 2.75) is 38.0 Å². The van der Waals surface area contributed by atoms with Crippen LogP contribution in [0.1, 0.15) is 19.8 Å². The molecule has 0 aliphatic carbocycles. The monoisotopic (exact) mass is 267 g/mol. The maximum absolute atomic E-state index is 12.0. The second-order valence-corrected chi connectivity index (χ2v) is 5.75. The molecule has 3 heterocycles. The minimum absolute atomic E-state index is 0.00764. The van der Waals surface area contributed by atoms with E-state index in [0.29, 0.717) is 12.6 Å². The third-order valence-corrected chi connectivity index (χ3v) is 4.28. The Morgan fingerprint density at radius 3 is 3.11 bits per heavy atom. The fraction of sp³-hybridized carbons (Fsp3) is 0.846. The molecule has 3 unspecified atom stereocenters. The molecule has 106 valence electrons. The van der Waals surface area contributed by atoms with Gasteiger partial charge in [-0.2, -0.15) is 0 Å². The van der Waals surface area contributed by atoms with E-state index in [1.807, 2.05) is 0 Å². The summed E-state index contributed by atoms with van der Waals surface area (Å²) < 4.78 is 5.85. The summed E-state index contributed by atoms with van der Waals surface area (Å²) in [5, 5.41) is 2.65. The van der Waals surface area contributed by atoms with Crippen molar-refractivity contribution in [2.75, 3.05) is 32.8 Å². The molecule has 1 N–H and O–H groups in total. The van der Waals surface area contributed by atoms with Gasteiger partial charge >= 0.3 is 0 Å². The molecule has 0 bridgehead atoms. The number of carbonyl (C=O) groups is 2. The van der Waals surface area contributed by atoms with Gasteiger partial charge in [0.25, 0.3) is 0 Å². The Morgan fingerprint density at radius 1 is 1.42 bits per heavy atom. The lowest BCUT2D eigenvalue weighted by Gasteiger charge is -2.39. The predicted octanol–water partition coefficient (Wildman–Crippen LogP) is -0.803. The number of morpholine rings is 1. The fourth-order valence-corrected chi connectivity index (χ4v) is 3.27. The van der Waals surface area contributed by atoms with E-state index in [-0.39, 0.29) is 24.5 Å². The van der Waals surface area contributed by atoms with Crippen molar-refractivity contribution in [1.29, 1.82) is 0 Å². The summed E-state index contributed by atoms with van der Waals surface area (Å²) in [7, 11) is 0. The summed E-state index contributed by atoms with van der Waals surface area (Å²) in [6.45, 7) is 5.19. The fourth-order valence-electron chi connectivity index (χ4n) is 3.27. The van der Waals surface area contributed by atoms with E-state index >= 15 is 0 Å². The van der Waals surface area contributed by atoms with Crippen LogP contribution in [0.2, 0.25) is 0 Å². The second kappa shape index (κ2) is 5.09. The standard InChI is InChI=1S/C13H21N3O3/c1-9-13(18)16(7-12(17)14-9)6-11-5-15-4-2-3-10(15)8-19-11/h9-11H,2-8H2,1H3,(H,14,17). The van der Waals surface area contributed by atoms with Crippen molar-refractivity contribution >= 4 is 11.8 Å². The van der Waals surface area contributed by atoms with Crippen LogP contribution in [-0.4, -0.2) is 72.6 Å². The number of nitrogens with one attached hydrogen (secondary N) is 1. The van der Waals surface area contributed by atoms with Crippen LogP contribution in [0.5, 0.6) is 0 Å². The number of nitrogens with zero attached hydrogens (tertiary/aromatic N) is 2. The minimum atomic E-state index is -0.413. The third-order valence-electron chi connectivity index (χ3n) is 4.28. The molecule has 3 aliphatic heterocycles. The summed E-state index contributed by atoms with van der Waals surface area (Å²) in [5.74, 6) is -0.0892. The number of carbonyl (C=O) groups excluding carboxylic acids is 2. The zero-order valence-corrected chi connectivity index (χ0v) is 11.3. The molecule has 0 aromatic carbocycles. The highest BCUT2D eigenvalue weighted by atomic mass is 16.5. The minimum Gasteiger partial charge on any atom is -0.373 e. The Hall–Kier alpha value is -1.14. The largest absolute Gasteiger partial charge is 0.373 e. The SMILES string of the molecule is CC1NC(=O)CN(CC2CN3CCCC3CO2)C1=O. The summed E-state index contributed by atoms with van der Waals surface area (Å²) in [5.41, 5.74) is 0. The Morgan fingerprint density at radius 2 is 2.26 bits per heavy atom. The normalized spacial score (nSPS) is 36.3. The van der Waals surface area contributed by atoms with Crippen molar-refractivity contribution in [3.8, 4) is 0 Å². The molecule has 6 nitrogen and oxygen atoms in total. The Kier molecular flexibility index (Phi) is 3.45. The Bertz CT molecular complexity index is 387. The molecule has 0 spiro atoms. The van der Waals surface area contributed by atoms with E-state index in [0.717, 1.165) is 19.7 Å². The van der Waals surface area contributed by atoms with E-state index in [1.54, 1.807) is 11.8 Å². The number of ether oxygens (including phenoxy) is 1. The highest BCUT2D eigenvalue weighted by molar-refractivity contribution is 5.94. The molecular weight excluding hydrogens is 246 g/mol. The maximum Gasteiger partial charge on any atom is 0.245 e. The van der Waals surface area contributed by atoms with Gasteiger partial charge in [0.15, 0.2) is 0 Å². The zero-order valence-electron chi connectivity index (χ0n) is 11.3. The van der Waals surface area contributed by atoms with Crippen molar-refractivity contribution in [1.82, 2.24) is 15.1 Å². The lowest BCUT2D eigenvalue weighted by atomic mass is 10.1. The first kappa shape index (κ1) is 12.9. The van der Waals surface area contributed by atoms with E-state index in [9.17, 15) is 9.59 Å². The molecule has 3 fully saturated rings. The lowest BCUT2D eigenvalue weighted by molar-refractivity contribution is -0.147. The van der Waals surface area contributed by atoms with Crippen LogP contribution in [0.4, 0.5) is 0 Å². The van der Waals surface area contributed by atoms with Gasteiger partial charge in [-0.05, 0) is 26.3 Å². The van der Waals surface area contributed by atoms with Gasteiger partial charge in [-0.15, -0.1) is 0 Å². The van der Waals surface area contributed by atoms with Gasteiger partial charge in [0.2, 0.25) is 11.8 Å². The van der Waals surface area contributed by atoms with Gasteiger partial charge in [0.1, 0.15) is 6.04 Å². The van der Waals surface area contributed by atoms with Crippen LogP contribution < -0.4 is 5.32 Å². The number of piperazine rings is 1. The number of hydrogen-bond acceptors (Lipinski definition) is 4. The second-order valence-electron chi connectivity index (χ2n) is 5.75. The number of amides is 2. The Labute approximate surface area is 113 Å². The average Bonchev–Trinajstić information content (AvgIpc) is 2.82. The topological polar surface area (TPSA) is 61.9 Å². The summed E-state index contributed by atoms with van der Waals surface area (Å²) in [4.78, 5) is 27.6. The first-order chi connectivity index (χ1) is 9.13. The van der Waals surface area contributed by atoms with Crippen LogP contribution in [0.25, 0.3) is 0 Å². The zero-order chi connectivity index (χ0) is 13.4. The Balaban J connectivity index is 1.58. The summed E-state index contributed by atoms with van der Waals surface area (Å²) >= 11 is 0. The van der Waals surface area contributed by atoms with Gasteiger partial charge < -0.3 is 15.0 Å². The molecule has 2 amide bonds. The van der Waals surface area contributed by atoms with Gasteiger partial charge in [0, 0.05) is 19.1 Å². The van der Waals surface area contributed by atoms with Crippen LogP contribution in [0.3, 0.4) is 0 Å². The summed E-state index contributed by atoms with van der Waals surface area (Å²) in [6.07, 6.45) is 2.49. The molecule has 0 aromatic rings. The molecular formula is C13H21N3O3. The molecule has 3 rings (SSSR count). The lowest BCUT2D eigenvalue weighted by Crippen LogP contribution is -2.60. The van der Waals surface area contributed by atoms with Crippen molar-refractivity contribution in [3.05, 3.63) is 0 Å². The van der Waals surface area contributed by atoms with Gasteiger partial charge in [-0.1, -0.05) is 0 Å². The predicted molar refractivity (Wildman–Crippen MR) is 68.5 cm³/mol. The van der Waals surface area contributed by atoms with Gasteiger partial charge in [0.05, 0.1) is 19.3 Å². The molecule has 0 saturated carbocycles. The van der Waals surface area contributed by atoms with E-state index in [2.05, 4.69) is 10.2 Å². The van der Waals surface area contributed by atoms with Crippen LogP contribution in [0, 0.1) is 0 Å². The molecule has 19 heavy (non-hydrogen) atoms. The maximum atomic E-state index is 12.0. The highest BCUT2D eigenvalue weighted by Crippen LogP contribution is 2.23. The van der Waals surface area contributed by atoms with Gasteiger partial charge in [-0.3, -0.25) is 14.5 Å². The molecule has 3 aliphatic rings. The van der Waals surface area contributed by atoms with Crippen LogP contribution in [0.15, 0.2) is 0 Å². The third kappa shape index (κ3) is 2.60. The molecule has 0 radical (unpaired) electrons. The molecule has 3 saturated heterocycles. The van der Waals surface area contributed by atoms with Crippen LogP contribution >= 0.6 is 0 Å². The van der Waals surface area contributed by atoms with Crippen molar-refractivity contribution in [2.24, 2.45) is 0 Å². The van der Waals surface area contributed by atoms with Crippen molar-refractivity contribution < 1.29 is 14.3 Å². The first-order valence-electron chi connectivity index (χ1n) is 7.07.